The van der Waals surface area contributed by atoms with Crippen molar-refractivity contribution in [1.29, 1.82) is 0 Å². The Hall–Kier alpha value is -2.03. The van der Waals surface area contributed by atoms with Crippen LogP contribution >= 0.6 is 22.9 Å². The lowest BCUT2D eigenvalue weighted by molar-refractivity contribution is -0.116. The maximum absolute atomic E-state index is 12.9. The second-order valence-corrected chi connectivity index (χ2v) is 9.50. The first kappa shape index (κ1) is 19.7. The molecule has 9 heteroatoms. The number of aromatic nitrogens is 1. The summed E-state index contributed by atoms with van der Waals surface area (Å²) in [5, 5.41) is 3.68. The standard InChI is InChI=1S/C18H16ClFN2O3S2/c1-11-4-9-14(19)17-16(11)22-18(26-17)21-15(23)3-2-10-27(24,25)13-7-5-12(20)6-8-13/h4-9H,2-3,10H2,1H3,(H,21,22,23). The number of thiazole rings is 1. The van der Waals surface area contributed by atoms with Gasteiger partial charge in [0.25, 0.3) is 0 Å². The molecule has 0 saturated carbocycles. The van der Waals surface area contributed by atoms with Crippen LogP contribution in [0.3, 0.4) is 0 Å². The summed E-state index contributed by atoms with van der Waals surface area (Å²) in [4.78, 5) is 16.5. The molecule has 0 atom stereocenters. The van der Waals surface area contributed by atoms with E-state index in [1.807, 2.05) is 13.0 Å². The Bertz CT molecular complexity index is 1060. The van der Waals surface area contributed by atoms with Gasteiger partial charge in [-0.2, -0.15) is 0 Å². The number of nitrogens with zero attached hydrogens (tertiary/aromatic N) is 1. The number of aryl methyl sites for hydroxylation is 1. The zero-order chi connectivity index (χ0) is 19.6. The monoisotopic (exact) mass is 426 g/mol. The summed E-state index contributed by atoms with van der Waals surface area (Å²) in [6.45, 7) is 1.91. The molecule has 1 amide bonds. The Morgan fingerprint density at radius 1 is 1.22 bits per heavy atom. The van der Waals surface area contributed by atoms with Crippen molar-refractivity contribution >= 4 is 54.0 Å². The van der Waals surface area contributed by atoms with E-state index in [4.69, 9.17) is 11.6 Å². The molecule has 3 rings (SSSR count). The number of rotatable bonds is 6. The third-order valence-electron chi connectivity index (χ3n) is 3.93. The van der Waals surface area contributed by atoms with E-state index in [1.165, 1.54) is 23.5 Å². The average molecular weight is 427 g/mol. The van der Waals surface area contributed by atoms with Crippen molar-refractivity contribution in [3.63, 3.8) is 0 Å². The molecule has 2 aromatic carbocycles. The first-order chi connectivity index (χ1) is 12.8. The summed E-state index contributed by atoms with van der Waals surface area (Å²) in [5.41, 5.74) is 1.69. The molecule has 5 nitrogen and oxygen atoms in total. The van der Waals surface area contributed by atoms with E-state index >= 15 is 0 Å². The fourth-order valence-electron chi connectivity index (χ4n) is 2.52. The van der Waals surface area contributed by atoms with Crippen LogP contribution in [0.1, 0.15) is 18.4 Å². The van der Waals surface area contributed by atoms with E-state index < -0.39 is 15.7 Å². The van der Waals surface area contributed by atoms with Crippen molar-refractivity contribution in [2.75, 3.05) is 11.1 Å². The van der Waals surface area contributed by atoms with Crippen LogP contribution in [0.4, 0.5) is 9.52 Å². The highest BCUT2D eigenvalue weighted by Gasteiger charge is 2.16. The molecule has 0 aliphatic carbocycles. The first-order valence-electron chi connectivity index (χ1n) is 8.10. The Balaban J connectivity index is 1.59. The zero-order valence-electron chi connectivity index (χ0n) is 14.3. The lowest BCUT2D eigenvalue weighted by Gasteiger charge is -2.04. The van der Waals surface area contributed by atoms with Gasteiger partial charge < -0.3 is 5.32 Å². The van der Waals surface area contributed by atoms with Crippen molar-refractivity contribution in [3.05, 3.63) is 52.8 Å². The van der Waals surface area contributed by atoms with Crippen LogP contribution in [-0.2, 0) is 14.6 Å². The summed E-state index contributed by atoms with van der Waals surface area (Å²) in [6.07, 6.45) is 0.180. The summed E-state index contributed by atoms with van der Waals surface area (Å²) in [5.74, 6) is -1.02. The topological polar surface area (TPSA) is 76.1 Å². The third-order valence-corrected chi connectivity index (χ3v) is 7.18. The van der Waals surface area contributed by atoms with Gasteiger partial charge in [-0.15, -0.1) is 0 Å². The van der Waals surface area contributed by atoms with E-state index in [0.717, 1.165) is 27.9 Å². The molecule has 0 unspecified atom stereocenters. The van der Waals surface area contributed by atoms with Gasteiger partial charge in [0, 0.05) is 6.42 Å². The maximum Gasteiger partial charge on any atom is 0.226 e. The molecule has 0 aliphatic heterocycles. The van der Waals surface area contributed by atoms with Crippen LogP contribution in [0.15, 0.2) is 41.3 Å². The number of amides is 1. The SMILES string of the molecule is Cc1ccc(Cl)c2sc(NC(=O)CCCS(=O)(=O)c3ccc(F)cc3)nc12. The minimum absolute atomic E-state index is 0.0308. The second kappa shape index (κ2) is 7.92. The minimum Gasteiger partial charge on any atom is -0.302 e. The molecule has 1 heterocycles. The lowest BCUT2D eigenvalue weighted by atomic mass is 10.2. The van der Waals surface area contributed by atoms with Crippen molar-refractivity contribution in [1.82, 2.24) is 4.98 Å². The summed E-state index contributed by atoms with van der Waals surface area (Å²) < 4.78 is 38.1. The first-order valence-corrected chi connectivity index (χ1v) is 10.9. The fraction of sp³-hybridized carbons (Fsp3) is 0.222. The normalized spacial score (nSPS) is 11.7. The van der Waals surface area contributed by atoms with Gasteiger partial charge in [0.2, 0.25) is 5.91 Å². The molecule has 142 valence electrons. The van der Waals surface area contributed by atoms with Crippen molar-refractivity contribution in [3.8, 4) is 0 Å². The van der Waals surface area contributed by atoms with Crippen molar-refractivity contribution in [2.45, 2.75) is 24.7 Å². The van der Waals surface area contributed by atoms with Crippen molar-refractivity contribution < 1.29 is 17.6 Å². The van der Waals surface area contributed by atoms with E-state index in [2.05, 4.69) is 10.3 Å². The molecule has 27 heavy (non-hydrogen) atoms. The number of carbonyl (C=O) groups is 1. The number of nitrogens with one attached hydrogen (secondary N) is 1. The highest BCUT2D eigenvalue weighted by Crippen LogP contribution is 2.33. The quantitative estimate of drug-likeness (QED) is 0.585. The molecule has 0 spiro atoms. The molecule has 1 aromatic heterocycles. The number of hydrogen-bond acceptors (Lipinski definition) is 5. The largest absolute Gasteiger partial charge is 0.302 e. The molecule has 3 aromatic rings. The minimum atomic E-state index is -3.55. The predicted molar refractivity (Wildman–Crippen MR) is 106 cm³/mol. The average Bonchev–Trinajstić information content (AvgIpc) is 3.03. The highest BCUT2D eigenvalue weighted by atomic mass is 35.5. The fourth-order valence-corrected chi connectivity index (χ4v) is 5.06. The number of fused-ring (bicyclic) bond motifs is 1. The molecular weight excluding hydrogens is 411 g/mol. The van der Waals surface area contributed by atoms with Gasteiger partial charge in [-0.25, -0.2) is 17.8 Å². The van der Waals surface area contributed by atoms with Crippen LogP contribution in [0, 0.1) is 12.7 Å². The van der Waals surface area contributed by atoms with Crippen LogP contribution in [0.25, 0.3) is 10.2 Å². The van der Waals surface area contributed by atoms with Gasteiger partial charge in [-0.3, -0.25) is 4.79 Å². The van der Waals surface area contributed by atoms with Gasteiger partial charge in [0.15, 0.2) is 15.0 Å². The number of carbonyl (C=O) groups excluding carboxylic acids is 1. The molecule has 0 saturated heterocycles. The lowest BCUT2D eigenvalue weighted by Crippen LogP contribution is -2.14. The number of anilines is 1. The molecule has 1 N–H and O–H groups in total. The van der Waals surface area contributed by atoms with Crippen LogP contribution in [0.2, 0.25) is 5.02 Å². The van der Waals surface area contributed by atoms with Gasteiger partial charge in [0.05, 0.1) is 25.9 Å². The highest BCUT2D eigenvalue weighted by molar-refractivity contribution is 7.91. The summed E-state index contributed by atoms with van der Waals surface area (Å²) in [7, 11) is -3.55. The predicted octanol–water partition coefficient (Wildman–Crippen LogP) is 4.59. The molecule has 0 bridgehead atoms. The molecule has 0 aliphatic rings. The van der Waals surface area contributed by atoms with Gasteiger partial charge in [0.1, 0.15) is 5.82 Å². The second-order valence-electron chi connectivity index (χ2n) is 5.99. The van der Waals surface area contributed by atoms with E-state index in [0.29, 0.717) is 10.2 Å². The van der Waals surface area contributed by atoms with E-state index in [9.17, 15) is 17.6 Å². The zero-order valence-corrected chi connectivity index (χ0v) is 16.7. The van der Waals surface area contributed by atoms with Crippen LogP contribution in [0.5, 0.6) is 0 Å². The van der Waals surface area contributed by atoms with Gasteiger partial charge >= 0.3 is 0 Å². The summed E-state index contributed by atoms with van der Waals surface area (Å²) >= 11 is 7.42. The number of halogens is 2. The smallest absolute Gasteiger partial charge is 0.226 e. The van der Waals surface area contributed by atoms with E-state index in [-0.39, 0.29) is 29.4 Å². The summed E-state index contributed by atoms with van der Waals surface area (Å²) in [6, 6.07) is 8.27. The van der Waals surface area contributed by atoms with Gasteiger partial charge in [-0.05, 0) is 49.2 Å². The number of sulfone groups is 1. The molecule has 0 fully saturated rings. The Kier molecular flexibility index (Phi) is 5.78. The number of hydrogen-bond donors (Lipinski definition) is 1. The van der Waals surface area contributed by atoms with Gasteiger partial charge in [-0.1, -0.05) is 29.0 Å². The van der Waals surface area contributed by atoms with Crippen LogP contribution < -0.4 is 5.32 Å². The Morgan fingerprint density at radius 2 is 1.93 bits per heavy atom. The third kappa shape index (κ3) is 4.63. The number of benzene rings is 2. The maximum atomic E-state index is 12.9. The van der Waals surface area contributed by atoms with Crippen molar-refractivity contribution in [2.24, 2.45) is 0 Å². The Morgan fingerprint density at radius 3 is 2.59 bits per heavy atom. The van der Waals surface area contributed by atoms with Crippen LogP contribution in [-0.4, -0.2) is 25.1 Å². The van der Waals surface area contributed by atoms with E-state index in [1.54, 1.807) is 6.07 Å². The molecule has 0 radical (unpaired) electrons. The molecular formula is C18H16ClFN2O3S2. The Labute approximate surface area is 165 Å².